The molecule has 0 aromatic heterocycles. The smallest absolute Gasteiger partial charge is 0.353 e. The molecule has 0 radical (unpaired) electrons. The fourth-order valence-electron chi connectivity index (χ4n) is 5.60. The largest absolute Gasteiger partial charge is 0.493 e. The molecule has 1 aromatic rings. The minimum absolute atomic E-state index is 0.0604. The molecule has 0 saturated carbocycles. The molecule has 1 fully saturated rings. The van der Waals surface area contributed by atoms with Gasteiger partial charge in [0.1, 0.15) is 5.70 Å². The maximum absolute atomic E-state index is 12.5. The third-order valence-electron chi connectivity index (χ3n) is 7.33. The normalized spacial score (nSPS) is 24.0. The molecule has 2 aliphatic heterocycles. The van der Waals surface area contributed by atoms with Gasteiger partial charge < -0.3 is 29.3 Å². The van der Waals surface area contributed by atoms with Gasteiger partial charge in [0.05, 0.1) is 27.4 Å². The van der Waals surface area contributed by atoms with Crippen LogP contribution in [0.5, 0.6) is 17.2 Å². The molecule has 1 amide bonds. The Morgan fingerprint density at radius 2 is 1.80 bits per heavy atom. The molecule has 2 heterocycles. The number of amides is 1. The molecule has 0 aliphatic carbocycles. The van der Waals surface area contributed by atoms with Crippen molar-refractivity contribution >= 4 is 33.8 Å². The number of carboxylic acid groups (broad SMARTS) is 1. The number of likely N-dealkylation sites (tertiary alicyclic amines) is 1. The van der Waals surface area contributed by atoms with Crippen LogP contribution in [0.3, 0.4) is 0 Å². The van der Waals surface area contributed by atoms with Gasteiger partial charge in [-0.15, -0.1) is 11.8 Å². The molecule has 1 saturated heterocycles. The molecule has 0 bridgehead atoms. The van der Waals surface area contributed by atoms with Crippen molar-refractivity contribution in [3.63, 3.8) is 0 Å². The van der Waals surface area contributed by atoms with Crippen LogP contribution in [-0.2, 0) is 26.3 Å². The molecular formula is C26H40N4O9S2. The second kappa shape index (κ2) is 13.6. The molecule has 1 aromatic carbocycles. The first-order chi connectivity index (χ1) is 19.2. The van der Waals surface area contributed by atoms with Crippen LogP contribution in [0.1, 0.15) is 39.2 Å². The number of thioether (sulfide) groups is 1. The molecule has 5 N–H and O–H groups in total. The second-order valence-electron chi connectivity index (χ2n) is 10.3. The molecule has 3 rings (SSSR count). The lowest BCUT2D eigenvalue weighted by Gasteiger charge is -2.28. The average molecular weight is 617 g/mol. The standard InChI is InChI=1S/C26H40N4O9S2/c1-14(31)7-20-15(2)25(23(26(33)34)30(20)16(3)32)40-19-10-18(11-28-41(27,35)36)29(13-19)12-17-8-21(37-4)24(39-6)22(9-17)38-5/h8-9,14-15,18-20,28,31H,7,10-13H2,1-6H3,(H,33,34)(H2,27,35,36)/t14-,15-,18+,19+,20+/m1/s1. The molecule has 15 heteroatoms. The van der Waals surface area contributed by atoms with Crippen LogP contribution in [0.25, 0.3) is 0 Å². The van der Waals surface area contributed by atoms with Crippen LogP contribution < -0.4 is 24.1 Å². The first kappa shape index (κ1) is 32.9. The van der Waals surface area contributed by atoms with Gasteiger partial charge in [-0.05, 0) is 37.5 Å². The summed E-state index contributed by atoms with van der Waals surface area (Å²) in [6, 6.07) is 2.90. The number of rotatable bonds is 13. The highest BCUT2D eigenvalue weighted by Crippen LogP contribution is 2.46. The SMILES string of the molecule is COc1cc(CN2C[C@@H](SC3=C(C(=O)O)N(C(C)=O)[C@@H](C[C@@H](C)O)[C@H]3C)C[C@H]2CNS(N)(=O)=O)cc(OC)c1OC. The van der Waals surface area contributed by atoms with E-state index in [0.29, 0.717) is 41.7 Å². The van der Waals surface area contributed by atoms with Gasteiger partial charge in [-0.2, -0.15) is 8.42 Å². The van der Waals surface area contributed by atoms with E-state index in [9.17, 15) is 28.2 Å². The monoisotopic (exact) mass is 616 g/mol. The minimum Gasteiger partial charge on any atom is -0.493 e. The summed E-state index contributed by atoms with van der Waals surface area (Å²) in [6.45, 7) is 5.77. The number of aliphatic carboxylic acids is 1. The number of nitrogens with zero attached hydrogens (tertiary/aromatic N) is 2. The number of carbonyl (C=O) groups excluding carboxylic acids is 1. The van der Waals surface area contributed by atoms with Gasteiger partial charge in [0, 0.05) is 54.7 Å². The van der Waals surface area contributed by atoms with Gasteiger partial charge in [-0.1, -0.05) is 6.92 Å². The Kier molecular flexibility index (Phi) is 10.9. The number of aliphatic hydroxyl groups is 1. The lowest BCUT2D eigenvalue weighted by atomic mass is 9.98. The molecular weight excluding hydrogens is 576 g/mol. The number of hydrogen-bond acceptors (Lipinski definition) is 10. The van der Waals surface area contributed by atoms with Crippen LogP contribution >= 0.6 is 11.8 Å². The minimum atomic E-state index is -3.94. The van der Waals surface area contributed by atoms with Crippen molar-refractivity contribution in [1.29, 1.82) is 0 Å². The highest BCUT2D eigenvalue weighted by atomic mass is 32.2. The zero-order valence-electron chi connectivity index (χ0n) is 24.1. The second-order valence-corrected chi connectivity index (χ2v) is 13.1. The van der Waals surface area contributed by atoms with Gasteiger partial charge in [-0.25, -0.2) is 14.7 Å². The quantitative estimate of drug-likeness (QED) is 0.249. The lowest BCUT2D eigenvalue weighted by molar-refractivity contribution is -0.140. The van der Waals surface area contributed by atoms with Gasteiger partial charge in [0.25, 0.3) is 10.2 Å². The van der Waals surface area contributed by atoms with Gasteiger partial charge in [-0.3, -0.25) is 9.69 Å². The molecule has 13 nitrogen and oxygen atoms in total. The van der Waals surface area contributed by atoms with Gasteiger partial charge in [0.15, 0.2) is 11.5 Å². The topological polar surface area (TPSA) is 181 Å². The van der Waals surface area contributed by atoms with E-state index in [1.165, 1.54) is 44.9 Å². The van der Waals surface area contributed by atoms with Crippen LogP contribution in [0, 0.1) is 5.92 Å². The van der Waals surface area contributed by atoms with E-state index in [1.807, 2.05) is 19.1 Å². The summed E-state index contributed by atoms with van der Waals surface area (Å²) < 4.78 is 42.2. The summed E-state index contributed by atoms with van der Waals surface area (Å²) in [5.41, 5.74) is 0.771. The Hall–Kier alpha value is -2.56. The van der Waals surface area contributed by atoms with E-state index >= 15 is 0 Å². The zero-order chi connectivity index (χ0) is 30.6. The summed E-state index contributed by atoms with van der Waals surface area (Å²) >= 11 is 1.39. The summed E-state index contributed by atoms with van der Waals surface area (Å²) in [5, 5.41) is 25.3. The maximum atomic E-state index is 12.5. The van der Waals surface area contributed by atoms with Crippen molar-refractivity contribution in [2.75, 3.05) is 34.4 Å². The Morgan fingerprint density at radius 3 is 2.27 bits per heavy atom. The van der Waals surface area contributed by atoms with Crippen LogP contribution in [0.4, 0.5) is 0 Å². The van der Waals surface area contributed by atoms with E-state index in [-0.39, 0.29) is 35.9 Å². The zero-order valence-corrected chi connectivity index (χ0v) is 25.8. The van der Waals surface area contributed by atoms with Gasteiger partial charge in [0.2, 0.25) is 11.7 Å². The maximum Gasteiger partial charge on any atom is 0.353 e. The fourth-order valence-corrected chi connectivity index (χ4v) is 7.64. The van der Waals surface area contributed by atoms with Crippen LogP contribution in [0.2, 0.25) is 0 Å². The van der Waals surface area contributed by atoms with Crippen LogP contribution in [0.15, 0.2) is 22.7 Å². The Bertz CT molecular complexity index is 1250. The molecule has 230 valence electrons. The molecule has 41 heavy (non-hydrogen) atoms. The number of aliphatic hydroxyl groups excluding tert-OH is 1. The van der Waals surface area contributed by atoms with Crippen LogP contribution in [-0.4, -0.2) is 98.2 Å². The molecule has 0 spiro atoms. The molecule has 2 aliphatic rings. The van der Waals surface area contributed by atoms with E-state index in [0.717, 1.165) is 5.56 Å². The number of carbonyl (C=O) groups is 2. The van der Waals surface area contributed by atoms with Gasteiger partial charge >= 0.3 is 5.97 Å². The number of methoxy groups -OCH3 is 3. The summed E-state index contributed by atoms with van der Waals surface area (Å²) in [7, 11) is 0.621. The first-order valence-corrected chi connectivity index (χ1v) is 15.6. The highest BCUT2D eigenvalue weighted by Gasteiger charge is 2.45. The van der Waals surface area contributed by atoms with Crippen molar-refractivity contribution in [3.05, 3.63) is 28.3 Å². The summed E-state index contributed by atoms with van der Waals surface area (Å²) in [5.74, 6) is -0.504. The van der Waals surface area contributed by atoms with Crippen molar-refractivity contribution < 1.29 is 42.4 Å². The van der Waals surface area contributed by atoms with E-state index in [1.54, 1.807) is 6.92 Å². The average Bonchev–Trinajstić information content (AvgIpc) is 3.39. The van der Waals surface area contributed by atoms with Crippen molar-refractivity contribution in [1.82, 2.24) is 14.5 Å². The third kappa shape index (κ3) is 7.84. The van der Waals surface area contributed by atoms with Crippen molar-refractivity contribution in [3.8, 4) is 17.2 Å². The molecule has 5 atom stereocenters. The fraction of sp³-hybridized carbons (Fsp3) is 0.615. The highest BCUT2D eigenvalue weighted by molar-refractivity contribution is 8.03. The number of carboxylic acids is 1. The Labute approximate surface area is 245 Å². The van der Waals surface area contributed by atoms with Crippen molar-refractivity contribution in [2.45, 2.75) is 63.6 Å². The Balaban J connectivity index is 1.93. The predicted molar refractivity (Wildman–Crippen MR) is 154 cm³/mol. The predicted octanol–water partition coefficient (Wildman–Crippen LogP) is 1.12. The third-order valence-corrected chi connectivity index (χ3v) is 9.40. The van der Waals surface area contributed by atoms with Crippen molar-refractivity contribution in [2.24, 2.45) is 11.1 Å². The molecule has 0 unspecified atom stereocenters. The van der Waals surface area contributed by atoms with E-state index in [4.69, 9.17) is 19.3 Å². The summed E-state index contributed by atoms with van der Waals surface area (Å²) in [4.78, 5) is 28.9. The number of ether oxygens (including phenoxy) is 3. The first-order valence-electron chi connectivity index (χ1n) is 13.1. The Morgan fingerprint density at radius 1 is 1.20 bits per heavy atom. The lowest BCUT2D eigenvalue weighted by Crippen LogP contribution is -2.42. The van der Waals surface area contributed by atoms with E-state index < -0.39 is 34.2 Å². The number of nitrogens with one attached hydrogen (secondary N) is 1. The number of benzene rings is 1. The number of nitrogens with two attached hydrogens (primary N) is 1. The summed E-state index contributed by atoms with van der Waals surface area (Å²) in [6.07, 6.45) is 0.0419. The van der Waals surface area contributed by atoms with E-state index in [2.05, 4.69) is 9.62 Å². The number of hydrogen-bond donors (Lipinski definition) is 4.